The number of aliphatic hydroxyl groups excluding tert-OH is 1. The molecule has 1 amide bonds. The molecule has 0 saturated carbocycles. The quantitative estimate of drug-likeness (QED) is 0.842. The highest BCUT2D eigenvalue weighted by atomic mass is 35.5. The molecule has 0 saturated heterocycles. The molecule has 0 bridgehead atoms. The highest BCUT2D eigenvalue weighted by Crippen LogP contribution is 2.19. The molecule has 1 aromatic carbocycles. The number of aliphatic hydroxyl groups is 1. The molecular formula is C18H24ClN3O2. The minimum absolute atomic E-state index is 0.0248. The van der Waals surface area contributed by atoms with E-state index in [-0.39, 0.29) is 18.4 Å². The van der Waals surface area contributed by atoms with Crippen LogP contribution in [0.1, 0.15) is 42.0 Å². The second-order valence-electron chi connectivity index (χ2n) is 6.22. The second kappa shape index (κ2) is 7.81. The maximum absolute atomic E-state index is 12.2. The van der Waals surface area contributed by atoms with Gasteiger partial charge < -0.3 is 10.4 Å². The Morgan fingerprint density at radius 2 is 1.96 bits per heavy atom. The SMILES string of the molecule is Cc1nn(C)c(C)c1CC(C)NC(=O)CC(O)c1ccc(Cl)cc1. The molecule has 2 rings (SSSR count). The molecule has 0 spiro atoms. The van der Waals surface area contributed by atoms with E-state index >= 15 is 0 Å². The lowest BCUT2D eigenvalue weighted by Gasteiger charge is -2.16. The van der Waals surface area contributed by atoms with Gasteiger partial charge in [0.1, 0.15) is 0 Å². The number of rotatable bonds is 6. The van der Waals surface area contributed by atoms with Crippen molar-refractivity contribution in [1.82, 2.24) is 15.1 Å². The minimum atomic E-state index is -0.837. The van der Waals surface area contributed by atoms with Crippen molar-refractivity contribution in [2.24, 2.45) is 7.05 Å². The highest BCUT2D eigenvalue weighted by molar-refractivity contribution is 6.30. The van der Waals surface area contributed by atoms with Gasteiger partial charge in [0.15, 0.2) is 0 Å². The molecule has 5 nitrogen and oxygen atoms in total. The van der Waals surface area contributed by atoms with E-state index in [0.717, 1.165) is 17.0 Å². The van der Waals surface area contributed by atoms with Crippen LogP contribution < -0.4 is 5.32 Å². The van der Waals surface area contributed by atoms with Crippen LogP contribution in [0.15, 0.2) is 24.3 Å². The first-order valence-electron chi connectivity index (χ1n) is 8.00. The zero-order valence-electron chi connectivity index (χ0n) is 14.5. The first-order valence-corrected chi connectivity index (χ1v) is 8.37. The van der Waals surface area contributed by atoms with Crippen LogP contribution in [-0.2, 0) is 18.3 Å². The van der Waals surface area contributed by atoms with E-state index in [1.54, 1.807) is 24.3 Å². The summed E-state index contributed by atoms with van der Waals surface area (Å²) in [5, 5.41) is 18.1. The Morgan fingerprint density at radius 3 is 2.50 bits per heavy atom. The van der Waals surface area contributed by atoms with E-state index in [0.29, 0.717) is 17.0 Å². The van der Waals surface area contributed by atoms with Crippen molar-refractivity contribution in [3.8, 4) is 0 Å². The van der Waals surface area contributed by atoms with Crippen molar-refractivity contribution < 1.29 is 9.90 Å². The molecule has 2 unspecified atom stereocenters. The summed E-state index contributed by atoms with van der Waals surface area (Å²) in [6, 6.07) is 6.83. The summed E-state index contributed by atoms with van der Waals surface area (Å²) in [6.07, 6.45) is -0.0954. The van der Waals surface area contributed by atoms with Crippen LogP contribution in [0, 0.1) is 13.8 Å². The van der Waals surface area contributed by atoms with E-state index in [4.69, 9.17) is 11.6 Å². The fourth-order valence-electron chi connectivity index (χ4n) is 2.78. The molecule has 1 heterocycles. The Bertz CT molecular complexity index is 710. The standard InChI is InChI=1S/C18H24ClN3O2/c1-11(9-16-12(2)21-22(4)13(16)3)20-18(24)10-17(23)14-5-7-15(19)8-6-14/h5-8,11,17,23H,9-10H2,1-4H3,(H,20,24). The van der Waals surface area contributed by atoms with E-state index in [1.165, 1.54) is 0 Å². The van der Waals surface area contributed by atoms with E-state index in [1.807, 2.05) is 32.5 Å². The molecule has 0 aliphatic heterocycles. The predicted octanol–water partition coefficient (Wildman–Crippen LogP) is 2.86. The van der Waals surface area contributed by atoms with Crippen molar-refractivity contribution >= 4 is 17.5 Å². The number of aromatic nitrogens is 2. The number of carbonyl (C=O) groups excluding carboxylic acids is 1. The van der Waals surface area contributed by atoms with E-state index in [2.05, 4.69) is 10.4 Å². The Balaban J connectivity index is 1.90. The summed E-state index contributed by atoms with van der Waals surface area (Å²) in [4.78, 5) is 12.2. The molecule has 6 heteroatoms. The zero-order chi connectivity index (χ0) is 17.9. The fraction of sp³-hybridized carbons (Fsp3) is 0.444. The molecule has 1 aromatic heterocycles. The van der Waals surface area contributed by atoms with Crippen molar-refractivity contribution in [3.63, 3.8) is 0 Å². The fourth-order valence-corrected chi connectivity index (χ4v) is 2.91. The number of carbonyl (C=O) groups is 1. The maximum atomic E-state index is 12.2. The van der Waals surface area contributed by atoms with Crippen molar-refractivity contribution in [2.75, 3.05) is 0 Å². The Labute approximate surface area is 147 Å². The molecule has 0 fully saturated rings. The molecular weight excluding hydrogens is 326 g/mol. The van der Waals surface area contributed by atoms with Gasteiger partial charge in [-0.1, -0.05) is 23.7 Å². The number of amides is 1. The first kappa shape index (κ1) is 18.5. The van der Waals surface area contributed by atoms with Crippen LogP contribution in [0.3, 0.4) is 0 Å². The summed E-state index contributed by atoms with van der Waals surface area (Å²) in [5.41, 5.74) is 3.93. The predicted molar refractivity (Wildman–Crippen MR) is 95.0 cm³/mol. The van der Waals surface area contributed by atoms with Crippen molar-refractivity contribution in [2.45, 2.75) is 45.8 Å². The van der Waals surface area contributed by atoms with Gasteiger partial charge in [0, 0.05) is 23.8 Å². The largest absolute Gasteiger partial charge is 0.388 e. The monoisotopic (exact) mass is 349 g/mol. The third kappa shape index (κ3) is 4.58. The molecule has 24 heavy (non-hydrogen) atoms. The van der Waals surface area contributed by atoms with Crippen molar-refractivity contribution in [3.05, 3.63) is 51.8 Å². The smallest absolute Gasteiger partial charge is 0.223 e. The summed E-state index contributed by atoms with van der Waals surface area (Å²) in [5.74, 6) is -0.177. The molecule has 130 valence electrons. The number of hydrogen-bond donors (Lipinski definition) is 2. The lowest BCUT2D eigenvalue weighted by atomic mass is 10.0. The van der Waals surface area contributed by atoms with Crippen LogP contribution in [0.2, 0.25) is 5.02 Å². The Hall–Kier alpha value is -1.85. The van der Waals surface area contributed by atoms with Gasteiger partial charge in [-0.05, 0) is 50.5 Å². The lowest BCUT2D eigenvalue weighted by molar-refractivity contribution is -0.123. The van der Waals surface area contributed by atoms with Crippen molar-refractivity contribution in [1.29, 1.82) is 0 Å². The van der Waals surface area contributed by atoms with Crippen LogP contribution in [0.5, 0.6) is 0 Å². The summed E-state index contributed by atoms with van der Waals surface area (Å²) in [6.45, 7) is 5.95. The van der Waals surface area contributed by atoms with Gasteiger partial charge in [-0.15, -0.1) is 0 Å². The molecule has 0 radical (unpaired) electrons. The van der Waals surface area contributed by atoms with Gasteiger partial charge in [0.05, 0.1) is 18.2 Å². The van der Waals surface area contributed by atoms with E-state index < -0.39 is 6.10 Å². The number of halogens is 1. The second-order valence-corrected chi connectivity index (χ2v) is 6.65. The maximum Gasteiger partial charge on any atom is 0.223 e. The highest BCUT2D eigenvalue weighted by Gasteiger charge is 2.17. The molecule has 0 aliphatic carbocycles. The van der Waals surface area contributed by atoms with Gasteiger partial charge >= 0.3 is 0 Å². The number of hydrogen-bond acceptors (Lipinski definition) is 3. The van der Waals surface area contributed by atoms with E-state index in [9.17, 15) is 9.90 Å². The molecule has 0 aliphatic rings. The third-order valence-corrected chi connectivity index (χ3v) is 4.46. The van der Waals surface area contributed by atoms with Crippen LogP contribution >= 0.6 is 11.6 Å². The van der Waals surface area contributed by atoms with Gasteiger partial charge in [-0.25, -0.2) is 0 Å². The van der Waals surface area contributed by atoms with Gasteiger partial charge in [-0.3, -0.25) is 9.48 Å². The number of benzene rings is 1. The normalized spacial score (nSPS) is 13.6. The number of nitrogens with one attached hydrogen (secondary N) is 1. The molecule has 2 atom stereocenters. The lowest BCUT2D eigenvalue weighted by Crippen LogP contribution is -2.35. The summed E-state index contributed by atoms with van der Waals surface area (Å²) in [7, 11) is 1.91. The Morgan fingerprint density at radius 1 is 1.33 bits per heavy atom. The summed E-state index contributed by atoms with van der Waals surface area (Å²) >= 11 is 5.83. The molecule has 2 aromatic rings. The van der Waals surface area contributed by atoms with Crippen LogP contribution in [-0.4, -0.2) is 26.8 Å². The number of aryl methyl sites for hydroxylation is 2. The average molecular weight is 350 g/mol. The number of nitrogens with zero attached hydrogens (tertiary/aromatic N) is 2. The zero-order valence-corrected chi connectivity index (χ0v) is 15.3. The van der Waals surface area contributed by atoms with Crippen LogP contribution in [0.4, 0.5) is 0 Å². The van der Waals surface area contributed by atoms with Gasteiger partial charge in [0.2, 0.25) is 5.91 Å². The summed E-state index contributed by atoms with van der Waals surface area (Å²) < 4.78 is 1.85. The van der Waals surface area contributed by atoms with Gasteiger partial charge in [0.25, 0.3) is 0 Å². The van der Waals surface area contributed by atoms with Gasteiger partial charge in [-0.2, -0.15) is 5.10 Å². The average Bonchev–Trinajstić information content (AvgIpc) is 2.74. The molecule has 2 N–H and O–H groups in total. The minimum Gasteiger partial charge on any atom is -0.388 e. The van der Waals surface area contributed by atoms with Crippen LogP contribution in [0.25, 0.3) is 0 Å². The first-order chi connectivity index (χ1) is 11.3. The third-order valence-electron chi connectivity index (χ3n) is 4.21. The topological polar surface area (TPSA) is 67.2 Å². The Kier molecular flexibility index (Phi) is 6.02.